The van der Waals surface area contributed by atoms with Crippen molar-refractivity contribution in [2.45, 2.75) is 45.6 Å². The minimum absolute atomic E-state index is 0.123. The molecule has 1 unspecified atom stereocenters. The summed E-state index contributed by atoms with van der Waals surface area (Å²) in [5.41, 5.74) is 0.260. The Bertz CT molecular complexity index is 187. The summed E-state index contributed by atoms with van der Waals surface area (Å²) in [5.74, 6) is -0.911. The molecule has 0 saturated heterocycles. The van der Waals surface area contributed by atoms with Crippen LogP contribution in [-0.2, 0) is 9.53 Å². The van der Waals surface area contributed by atoms with Crippen LogP contribution in [0.15, 0.2) is 12.2 Å². The smallest absolute Gasteiger partial charge is 0.330 e. The molecule has 0 aliphatic carbocycles. The van der Waals surface area contributed by atoms with E-state index in [9.17, 15) is 4.79 Å². The van der Waals surface area contributed by atoms with Crippen molar-refractivity contribution in [1.29, 1.82) is 0 Å². The highest BCUT2D eigenvalue weighted by Crippen LogP contribution is 2.08. The standard InChI is InChI=1S/C11H20O3/c1-4-5-8-14-10(3)7-6-9(2)11(12)13/h10H,2,4-8H2,1,3H3,(H,12,13). The van der Waals surface area contributed by atoms with Crippen LogP contribution in [0.5, 0.6) is 0 Å². The minimum Gasteiger partial charge on any atom is -0.478 e. The van der Waals surface area contributed by atoms with E-state index < -0.39 is 5.97 Å². The average Bonchev–Trinajstić information content (AvgIpc) is 2.14. The number of ether oxygens (including phenoxy) is 1. The van der Waals surface area contributed by atoms with E-state index in [1.54, 1.807) is 0 Å². The summed E-state index contributed by atoms with van der Waals surface area (Å²) in [6.07, 6.45) is 3.54. The molecule has 14 heavy (non-hydrogen) atoms. The molecule has 1 atom stereocenters. The van der Waals surface area contributed by atoms with Gasteiger partial charge in [-0.2, -0.15) is 0 Å². The molecule has 0 bridgehead atoms. The molecule has 1 N–H and O–H groups in total. The van der Waals surface area contributed by atoms with Gasteiger partial charge < -0.3 is 9.84 Å². The van der Waals surface area contributed by atoms with Crippen molar-refractivity contribution in [3.05, 3.63) is 12.2 Å². The Kier molecular flexibility index (Phi) is 7.11. The van der Waals surface area contributed by atoms with Gasteiger partial charge in [0.05, 0.1) is 6.10 Å². The lowest BCUT2D eigenvalue weighted by molar-refractivity contribution is -0.132. The van der Waals surface area contributed by atoms with Gasteiger partial charge in [0.25, 0.3) is 0 Å². The van der Waals surface area contributed by atoms with Crippen molar-refractivity contribution in [3.63, 3.8) is 0 Å². The quantitative estimate of drug-likeness (QED) is 0.484. The highest BCUT2D eigenvalue weighted by molar-refractivity contribution is 5.85. The predicted octanol–water partition coefficient (Wildman–Crippen LogP) is 2.61. The van der Waals surface area contributed by atoms with Gasteiger partial charge in [-0.05, 0) is 26.2 Å². The Morgan fingerprint density at radius 2 is 2.21 bits per heavy atom. The summed E-state index contributed by atoms with van der Waals surface area (Å²) in [6.45, 7) is 8.30. The van der Waals surface area contributed by atoms with Crippen molar-refractivity contribution in [3.8, 4) is 0 Å². The molecule has 0 aliphatic heterocycles. The lowest BCUT2D eigenvalue weighted by Gasteiger charge is -2.12. The Hall–Kier alpha value is -0.830. The van der Waals surface area contributed by atoms with Crippen LogP contribution in [0.3, 0.4) is 0 Å². The molecule has 3 nitrogen and oxygen atoms in total. The van der Waals surface area contributed by atoms with E-state index in [1.807, 2.05) is 6.92 Å². The van der Waals surface area contributed by atoms with Gasteiger partial charge in [-0.3, -0.25) is 0 Å². The summed E-state index contributed by atoms with van der Waals surface area (Å²) in [5, 5.41) is 8.57. The molecule has 0 spiro atoms. The van der Waals surface area contributed by atoms with E-state index in [4.69, 9.17) is 9.84 Å². The predicted molar refractivity (Wildman–Crippen MR) is 56.3 cm³/mol. The van der Waals surface area contributed by atoms with Crippen molar-refractivity contribution in [2.75, 3.05) is 6.61 Å². The van der Waals surface area contributed by atoms with Gasteiger partial charge in [0.15, 0.2) is 0 Å². The van der Waals surface area contributed by atoms with E-state index in [2.05, 4.69) is 13.5 Å². The van der Waals surface area contributed by atoms with Crippen LogP contribution in [0.1, 0.15) is 39.5 Å². The van der Waals surface area contributed by atoms with E-state index >= 15 is 0 Å². The molecule has 0 radical (unpaired) electrons. The molecule has 0 aromatic rings. The average molecular weight is 200 g/mol. The number of carboxylic acid groups (broad SMARTS) is 1. The fourth-order valence-corrected chi connectivity index (χ4v) is 0.997. The van der Waals surface area contributed by atoms with E-state index in [-0.39, 0.29) is 11.7 Å². The van der Waals surface area contributed by atoms with Crippen LogP contribution in [0, 0.1) is 0 Å². The number of carboxylic acids is 1. The third kappa shape index (κ3) is 6.66. The molecular weight excluding hydrogens is 180 g/mol. The van der Waals surface area contributed by atoms with E-state index in [0.717, 1.165) is 25.9 Å². The second-order valence-electron chi connectivity index (χ2n) is 3.48. The van der Waals surface area contributed by atoms with Gasteiger partial charge in [-0.25, -0.2) is 4.79 Å². The van der Waals surface area contributed by atoms with Gasteiger partial charge in [-0.15, -0.1) is 0 Å². The molecule has 0 fully saturated rings. The lowest BCUT2D eigenvalue weighted by Crippen LogP contribution is -2.11. The Morgan fingerprint density at radius 1 is 1.57 bits per heavy atom. The van der Waals surface area contributed by atoms with Crippen LogP contribution >= 0.6 is 0 Å². The summed E-state index contributed by atoms with van der Waals surface area (Å²) in [6, 6.07) is 0. The Morgan fingerprint density at radius 3 is 2.71 bits per heavy atom. The number of rotatable bonds is 8. The number of carbonyl (C=O) groups is 1. The summed E-state index contributed by atoms with van der Waals surface area (Å²) >= 11 is 0. The first kappa shape index (κ1) is 13.2. The van der Waals surface area contributed by atoms with Gasteiger partial charge in [0.2, 0.25) is 0 Å². The maximum atomic E-state index is 10.4. The third-order valence-corrected chi connectivity index (χ3v) is 2.06. The zero-order chi connectivity index (χ0) is 11.0. The normalized spacial score (nSPS) is 12.4. The van der Waals surface area contributed by atoms with Gasteiger partial charge in [0, 0.05) is 12.2 Å². The molecule has 0 rings (SSSR count). The number of hydrogen-bond acceptors (Lipinski definition) is 2. The first-order valence-corrected chi connectivity index (χ1v) is 5.10. The van der Waals surface area contributed by atoms with Crippen LogP contribution in [-0.4, -0.2) is 23.8 Å². The highest BCUT2D eigenvalue weighted by Gasteiger charge is 2.07. The van der Waals surface area contributed by atoms with Gasteiger partial charge in [-0.1, -0.05) is 19.9 Å². The Labute approximate surface area is 85.8 Å². The maximum absolute atomic E-state index is 10.4. The fourth-order valence-electron chi connectivity index (χ4n) is 0.997. The van der Waals surface area contributed by atoms with Crippen molar-refractivity contribution >= 4 is 5.97 Å². The minimum atomic E-state index is -0.911. The molecule has 0 aromatic carbocycles. The molecule has 82 valence electrons. The second kappa shape index (κ2) is 7.56. The van der Waals surface area contributed by atoms with Crippen molar-refractivity contribution < 1.29 is 14.6 Å². The lowest BCUT2D eigenvalue weighted by atomic mass is 10.1. The first-order chi connectivity index (χ1) is 6.57. The number of hydrogen-bond donors (Lipinski definition) is 1. The largest absolute Gasteiger partial charge is 0.478 e. The first-order valence-electron chi connectivity index (χ1n) is 5.10. The van der Waals surface area contributed by atoms with Crippen LogP contribution in [0.2, 0.25) is 0 Å². The van der Waals surface area contributed by atoms with E-state index in [0.29, 0.717) is 6.42 Å². The maximum Gasteiger partial charge on any atom is 0.330 e. The third-order valence-electron chi connectivity index (χ3n) is 2.06. The molecule has 3 heteroatoms. The van der Waals surface area contributed by atoms with Crippen molar-refractivity contribution in [1.82, 2.24) is 0 Å². The van der Waals surface area contributed by atoms with Crippen LogP contribution < -0.4 is 0 Å². The fraction of sp³-hybridized carbons (Fsp3) is 0.727. The summed E-state index contributed by atoms with van der Waals surface area (Å²) < 4.78 is 5.48. The molecule has 0 saturated carbocycles. The van der Waals surface area contributed by atoms with Crippen molar-refractivity contribution in [2.24, 2.45) is 0 Å². The zero-order valence-electron chi connectivity index (χ0n) is 9.08. The van der Waals surface area contributed by atoms with Gasteiger partial charge in [0.1, 0.15) is 0 Å². The SMILES string of the molecule is C=C(CCC(C)OCCCC)C(=O)O. The van der Waals surface area contributed by atoms with Crippen LogP contribution in [0.4, 0.5) is 0 Å². The van der Waals surface area contributed by atoms with E-state index in [1.165, 1.54) is 0 Å². The number of aliphatic carboxylic acids is 1. The Balaban J connectivity index is 3.48. The molecule has 0 heterocycles. The molecule has 0 aliphatic rings. The summed E-state index contributed by atoms with van der Waals surface area (Å²) in [7, 11) is 0. The van der Waals surface area contributed by atoms with Gasteiger partial charge >= 0.3 is 5.97 Å². The zero-order valence-corrected chi connectivity index (χ0v) is 9.08. The monoisotopic (exact) mass is 200 g/mol. The topological polar surface area (TPSA) is 46.5 Å². The molecular formula is C11H20O3. The second-order valence-corrected chi connectivity index (χ2v) is 3.48. The molecule has 0 amide bonds. The van der Waals surface area contributed by atoms with Crippen LogP contribution in [0.25, 0.3) is 0 Å². The summed E-state index contributed by atoms with van der Waals surface area (Å²) in [4.78, 5) is 10.4. The number of unbranched alkanes of at least 4 members (excludes halogenated alkanes) is 1. The molecule has 0 aromatic heterocycles. The highest BCUT2D eigenvalue weighted by atomic mass is 16.5.